The van der Waals surface area contributed by atoms with Crippen LogP contribution in [0.5, 0.6) is 0 Å². The number of nitrogens with zero attached hydrogens (tertiary/aromatic N) is 1. The first-order chi connectivity index (χ1) is 14.2. The Hall–Kier alpha value is -3.42. The van der Waals surface area contributed by atoms with E-state index >= 15 is 0 Å². The van der Waals surface area contributed by atoms with Crippen molar-refractivity contribution in [2.45, 2.75) is 33.3 Å². The summed E-state index contributed by atoms with van der Waals surface area (Å²) in [6, 6.07) is 9.09. The van der Waals surface area contributed by atoms with Crippen LogP contribution in [-0.2, 0) is 20.7 Å². The lowest BCUT2D eigenvalue weighted by molar-refractivity contribution is -0.152. The first-order valence-electron chi connectivity index (χ1n) is 9.17. The van der Waals surface area contributed by atoms with Crippen LogP contribution in [0.25, 0.3) is 10.9 Å². The quantitative estimate of drug-likeness (QED) is 0.495. The van der Waals surface area contributed by atoms with Gasteiger partial charge in [0, 0.05) is 11.1 Å². The van der Waals surface area contributed by atoms with E-state index in [2.05, 4.69) is 10.3 Å². The Morgan fingerprint density at radius 3 is 2.50 bits per heavy atom. The van der Waals surface area contributed by atoms with Gasteiger partial charge in [0.15, 0.2) is 23.6 Å². The molecule has 0 unspecified atom stereocenters. The summed E-state index contributed by atoms with van der Waals surface area (Å²) in [5, 5.41) is 2.99. The summed E-state index contributed by atoms with van der Waals surface area (Å²) >= 11 is 0. The smallest absolute Gasteiger partial charge is 0.311 e. The third-order valence-electron chi connectivity index (χ3n) is 4.78. The van der Waals surface area contributed by atoms with Gasteiger partial charge in [0.1, 0.15) is 0 Å². The zero-order chi connectivity index (χ0) is 22.0. The van der Waals surface area contributed by atoms with Crippen LogP contribution in [0.2, 0.25) is 0 Å². The van der Waals surface area contributed by atoms with E-state index in [0.29, 0.717) is 17.3 Å². The number of aryl methyl sites for hydroxylation is 2. The number of nitrogens with one attached hydrogen (secondary N) is 1. The number of halogens is 3. The van der Waals surface area contributed by atoms with Crippen LogP contribution in [0, 0.1) is 31.3 Å². The summed E-state index contributed by atoms with van der Waals surface area (Å²) in [5.74, 6) is -6.16. The lowest BCUT2D eigenvalue weighted by Crippen LogP contribution is -2.31. The van der Waals surface area contributed by atoms with E-state index in [4.69, 9.17) is 4.74 Å². The van der Waals surface area contributed by atoms with Gasteiger partial charge >= 0.3 is 5.97 Å². The minimum absolute atomic E-state index is 0.105. The minimum Gasteiger partial charge on any atom is -0.452 e. The third kappa shape index (κ3) is 4.27. The first kappa shape index (κ1) is 21.3. The number of benzene rings is 2. The molecule has 0 aliphatic carbocycles. The maximum absolute atomic E-state index is 13.7. The van der Waals surface area contributed by atoms with Gasteiger partial charge in [-0.15, -0.1) is 0 Å². The Morgan fingerprint density at radius 2 is 1.77 bits per heavy atom. The molecule has 156 valence electrons. The molecule has 1 amide bonds. The highest BCUT2D eigenvalue weighted by atomic mass is 19.2. The molecule has 8 heteroatoms. The maximum Gasteiger partial charge on any atom is 0.311 e. The van der Waals surface area contributed by atoms with Crippen LogP contribution < -0.4 is 5.32 Å². The zero-order valence-electron chi connectivity index (χ0n) is 16.6. The predicted molar refractivity (Wildman–Crippen MR) is 105 cm³/mol. The lowest BCUT2D eigenvalue weighted by Gasteiger charge is -2.16. The van der Waals surface area contributed by atoms with Gasteiger partial charge in [-0.1, -0.05) is 18.2 Å². The number of fused-ring (bicyclic) bond motifs is 1. The molecule has 3 aromatic rings. The number of hydrogen-bond donors (Lipinski definition) is 1. The van der Waals surface area contributed by atoms with Gasteiger partial charge in [0.2, 0.25) is 0 Å². The Labute approximate surface area is 170 Å². The van der Waals surface area contributed by atoms with E-state index in [1.807, 2.05) is 31.2 Å². The van der Waals surface area contributed by atoms with E-state index in [-0.39, 0.29) is 6.42 Å². The molecule has 0 aliphatic rings. The fraction of sp³-hybridized carbons (Fsp3) is 0.227. The number of ether oxygens (including phenoxy) is 1. The zero-order valence-corrected chi connectivity index (χ0v) is 16.6. The Kier molecular flexibility index (Phi) is 6.05. The van der Waals surface area contributed by atoms with Crippen LogP contribution in [-0.4, -0.2) is 23.0 Å². The number of hydrogen-bond acceptors (Lipinski definition) is 4. The summed E-state index contributed by atoms with van der Waals surface area (Å²) in [7, 11) is 0. The molecule has 1 heterocycles. The number of esters is 1. The van der Waals surface area contributed by atoms with Crippen molar-refractivity contribution < 1.29 is 27.5 Å². The van der Waals surface area contributed by atoms with Gasteiger partial charge in [-0.25, -0.2) is 13.2 Å². The van der Waals surface area contributed by atoms with Crippen molar-refractivity contribution >= 4 is 28.5 Å². The molecule has 0 bridgehead atoms. The Bertz CT molecular complexity index is 1150. The molecule has 2 aromatic carbocycles. The molecule has 1 N–H and O–H groups in total. The van der Waals surface area contributed by atoms with E-state index in [9.17, 15) is 22.8 Å². The molecule has 0 radical (unpaired) electrons. The first-order valence-corrected chi connectivity index (χ1v) is 9.17. The van der Waals surface area contributed by atoms with E-state index < -0.39 is 41.1 Å². The topological polar surface area (TPSA) is 68.3 Å². The van der Waals surface area contributed by atoms with E-state index in [1.165, 1.54) is 6.92 Å². The second kappa shape index (κ2) is 8.52. The number of anilines is 1. The van der Waals surface area contributed by atoms with Crippen molar-refractivity contribution in [3.63, 3.8) is 0 Å². The van der Waals surface area contributed by atoms with Gasteiger partial charge in [0.25, 0.3) is 5.91 Å². The normalized spacial score (nSPS) is 11.9. The number of amides is 1. The molecule has 30 heavy (non-hydrogen) atoms. The molecule has 0 aliphatic heterocycles. The molecule has 0 fully saturated rings. The number of carbonyl (C=O) groups excluding carboxylic acids is 2. The van der Waals surface area contributed by atoms with Crippen molar-refractivity contribution in [1.29, 1.82) is 0 Å². The number of para-hydroxylation sites is 1. The predicted octanol–water partition coefficient (Wildman–Crippen LogP) is 4.38. The number of rotatable bonds is 5. The summed E-state index contributed by atoms with van der Waals surface area (Å²) in [6.45, 7) is 4.95. The summed E-state index contributed by atoms with van der Waals surface area (Å²) in [6.07, 6.45) is -1.38. The average molecular weight is 416 g/mol. The molecular formula is C22H19F3N2O3. The van der Waals surface area contributed by atoms with Gasteiger partial charge in [-0.3, -0.25) is 14.6 Å². The van der Waals surface area contributed by atoms with Crippen molar-refractivity contribution in [1.82, 2.24) is 4.98 Å². The standard InChI is InChI=1S/C22H19F3N2O3/c1-11-14-6-4-5-7-17(14)26-12(2)15(11)10-19(28)30-13(3)22(29)27-18-9-8-16(23)20(24)21(18)25/h4-9,13H,10H2,1-3H3,(H,27,29)/t13-/m1/s1. The molecule has 3 rings (SSSR count). The van der Waals surface area contributed by atoms with Crippen LogP contribution in [0.4, 0.5) is 18.9 Å². The largest absolute Gasteiger partial charge is 0.452 e. The van der Waals surface area contributed by atoms with Crippen LogP contribution in [0.3, 0.4) is 0 Å². The Morgan fingerprint density at radius 1 is 1.07 bits per heavy atom. The van der Waals surface area contributed by atoms with Crippen molar-refractivity contribution in [2.75, 3.05) is 5.32 Å². The fourth-order valence-electron chi connectivity index (χ4n) is 3.12. The molecule has 1 atom stereocenters. The molecular weight excluding hydrogens is 397 g/mol. The van der Waals surface area contributed by atoms with Crippen molar-refractivity contribution in [3.8, 4) is 0 Å². The molecule has 0 spiro atoms. The van der Waals surface area contributed by atoms with Crippen LogP contribution in [0.1, 0.15) is 23.7 Å². The number of pyridine rings is 1. The highest BCUT2D eigenvalue weighted by molar-refractivity contribution is 5.95. The minimum atomic E-state index is -1.70. The van der Waals surface area contributed by atoms with E-state index in [1.54, 1.807) is 6.92 Å². The Balaban J connectivity index is 1.70. The number of carbonyl (C=O) groups is 2. The van der Waals surface area contributed by atoms with Gasteiger partial charge in [-0.05, 0) is 50.1 Å². The second-order valence-corrected chi connectivity index (χ2v) is 6.84. The maximum atomic E-state index is 13.7. The highest BCUT2D eigenvalue weighted by Gasteiger charge is 2.22. The summed E-state index contributed by atoms with van der Waals surface area (Å²) < 4.78 is 45.1. The molecule has 5 nitrogen and oxygen atoms in total. The highest BCUT2D eigenvalue weighted by Crippen LogP contribution is 2.23. The van der Waals surface area contributed by atoms with Crippen molar-refractivity contribution in [3.05, 3.63) is 70.7 Å². The molecule has 0 saturated heterocycles. The SMILES string of the molecule is Cc1nc2ccccc2c(C)c1CC(=O)O[C@H](C)C(=O)Nc1ccc(F)c(F)c1F. The van der Waals surface area contributed by atoms with Crippen LogP contribution in [0.15, 0.2) is 36.4 Å². The van der Waals surface area contributed by atoms with Gasteiger partial charge in [-0.2, -0.15) is 0 Å². The molecule has 0 saturated carbocycles. The molecule has 1 aromatic heterocycles. The van der Waals surface area contributed by atoms with E-state index in [0.717, 1.165) is 22.5 Å². The fourth-order valence-corrected chi connectivity index (χ4v) is 3.12. The summed E-state index contributed by atoms with van der Waals surface area (Å²) in [5.41, 5.74) is 2.51. The lowest BCUT2D eigenvalue weighted by atomic mass is 9.99. The third-order valence-corrected chi connectivity index (χ3v) is 4.78. The van der Waals surface area contributed by atoms with Crippen molar-refractivity contribution in [2.24, 2.45) is 0 Å². The van der Waals surface area contributed by atoms with Gasteiger partial charge in [0.05, 0.1) is 17.6 Å². The average Bonchev–Trinajstić information content (AvgIpc) is 2.71. The van der Waals surface area contributed by atoms with Gasteiger partial charge < -0.3 is 10.1 Å². The van der Waals surface area contributed by atoms with Crippen LogP contribution >= 0.6 is 0 Å². The second-order valence-electron chi connectivity index (χ2n) is 6.84. The summed E-state index contributed by atoms with van der Waals surface area (Å²) in [4.78, 5) is 29.0. The monoisotopic (exact) mass is 416 g/mol. The number of aromatic nitrogens is 1.